The molecule has 1 saturated carbocycles. The van der Waals surface area contributed by atoms with Gasteiger partial charge in [0.05, 0.1) is 5.92 Å². The van der Waals surface area contributed by atoms with Crippen molar-refractivity contribution in [1.82, 2.24) is 0 Å². The Morgan fingerprint density at radius 2 is 2.04 bits per heavy atom. The van der Waals surface area contributed by atoms with E-state index in [0.717, 1.165) is 32.1 Å². The largest absolute Gasteiger partial charge is 0.481 e. The number of hydrogen-bond donors (Lipinski definition) is 1. The molecular formula is C22H36O2. The van der Waals surface area contributed by atoms with Crippen LogP contribution in [0.4, 0.5) is 0 Å². The van der Waals surface area contributed by atoms with Crippen LogP contribution in [-0.4, -0.2) is 11.1 Å². The molecule has 0 radical (unpaired) electrons. The molecule has 2 heteroatoms. The number of carbonyl (C=O) groups is 1. The average molecular weight is 333 g/mol. The predicted octanol–water partition coefficient (Wildman–Crippen LogP) is 6.21. The molecule has 1 unspecified atom stereocenters. The third-order valence-corrected chi connectivity index (χ3v) is 5.23. The minimum atomic E-state index is -0.657. The number of carboxylic acid groups (broad SMARTS) is 1. The molecule has 2 nitrogen and oxygen atoms in total. The summed E-state index contributed by atoms with van der Waals surface area (Å²) in [6.45, 7) is 4.19. The molecule has 1 N–H and O–H groups in total. The molecule has 0 saturated heterocycles. The maximum Gasteiger partial charge on any atom is 0.306 e. The van der Waals surface area contributed by atoms with Crippen molar-refractivity contribution in [1.29, 1.82) is 0 Å². The zero-order valence-electron chi connectivity index (χ0n) is 15.7. The first-order chi connectivity index (χ1) is 11.7. The summed E-state index contributed by atoms with van der Waals surface area (Å²) >= 11 is 0. The van der Waals surface area contributed by atoms with Crippen molar-refractivity contribution in [3.8, 4) is 11.8 Å². The Morgan fingerprint density at radius 1 is 1.21 bits per heavy atom. The van der Waals surface area contributed by atoms with E-state index in [1.807, 2.05) is 6.92 Å². The first-order valence-corrected chi connectivity index (χ1v) is 10.0. The van der Waals surface area contributed by atoms with Gasteiger partial charge in [0.1, 0.15) is 0 Å². The highest BCUT2D eigenvalue weighted by molar-refractivity contribution is 5.69. The van der Waals surface area contributed by atoms with E-state index in [1.54, 1.807) is 0 Å². The second kappa shape index (κ2) is 13.1. The number of rotatable bonds is 11. The number of aliphatic carboxylic acids is 1. The second-order valence-electron chi connectivity index (χ2n) is 7.16. The van der Waals surface area contributed by atoms with Gasteiger partial charge in [-0.2, -0.15) is 0 Å². The van der Waals surface area contributed by atoms with Gasteiger partial charge in [-0.25, -0.2) is 0 Å². The molecule has 1 rings (SSSR count). The van der Waals surface area contributed by atoms with Gasteiger partial charge in [0.25, 0.3) is 0 Å². The molecule has 0 aromatic rings. The second-order valence-corrected chi connectivity index (χ2v) is 7.16. The zero-order chi connectivity index (χ0) is 17.6. The van der Waals surface area contributed by atoms with Gasteiger partial charge in [0.15, 0.2) is 0 Å². The Labute approximate surface area is 149 Å². The lowest BCUT2D eigenvalue weighted by atomic mass is 9.92. The van der Waals surface area contributed by atoms with Crippen LogP contribution < -0.4 is 0 Å². The summed E-state index contributed by atoms with van der Waals surface area (Å²) in [6.07, 6.45) is 18.0. The predicted molar refractivity (Wildman–Crippen MR) is 102 cm³/mol. The molecule has 0 aliphatic heterocycles. The van der Waals surface area contributed by atoms with Crippen molar-refractivity contribution < 1.29 is 9.90 Å². The van der Waals surface area contributed by atoms with Crippen LogP contribution in [0.1, 0.15) is 90.9 Å². The quantitative estimate of drug-likeness (QED) is 0.277. The molecule has 0 spiro atoms. The Balaban J connectivity index is 2.24. The summed E-state index contributed by atoms with van der Waals surface area (Å²) in [4.78, 5) is 11.0. The van der Waals surface area contributed by atoms with Crippen LogP contribution in [0, 0.1) is 29.6 Å². The lowest BCUT2D eigenvalue weighted by molar-refractivity contribution is -0.142. The van der Waals surface area contributed by atoms with E-state index in [4.69, 9.17) is 5.11 Å². The third kappa shape index (κ3) is 8.57. The van der Waals surface area contributed by atoms with Crippen molar-refractivity contribution >= 4 is 5.97 Å². The maximum atomic E-state index is 11.0. The van der Waals surface area contributed by atoms with Crippen molar-refractivity contribution in [2.45, 2.75) is 90.9 Å². The maximum absolute atomic E-state index is 11.0. The van der Waals surface area contributed by atoms with Gasteiger partial charge in [-0.15, -0.1) is 5.92 Å². The molecule has 1 aliphatic carbocycles. The van der Waals surface area contributed by atoms with Gasteiger partial charge in [0, 0.05) is 12.3 Å². The molecule has 1 aliphatic rings. The fourth-order valence-corrected chi connectivity index (χ4v) is 3.54. The van der Waals surface area contributed by atoms with Crippen LogP contribution in [0.3, 0.4) is 0 Å². The highest BCUT2D eigenvalue weighted by atomic mass is 16.4. The van der Waals surface area contributed by atoms with Crippen molar-refractivity contribution in [3.63, 3.8) is 0 Å². The summed E-state index contributed by atoms with van der Waals surface area (Å²) in [5, 5.41) is 9.05. The van der Waals surface area contributed by atoms with E-state index in [-0.39, 0.29) is 5.92 Å². The van der Waals surface area contributed by atoms with Crippen molar-refractivity contribution in [2.24, 2.45) is 17.8 Å². The van der Waals surface area contributed by atoms with Crippen molar-refractivity contribution in [2.75, 3.05) is 0 Å². The first kappa shape index (κ1) is 20.8. The SMILES string of the molecule is CCCCCCC#C[C@H]1CCC[C@@H]1CC=CCCC(CC)C(=O)O. The molecule has 136 valence electrons. The molecule has 1 fully saturated rings. The van der Waals surface area contributed by atoms with Gasteiger partial charge in [-0.3, -0.25) is 4.79 Å². The fraction of sp³-hybridized carbons (Fsp3) is 0.773. The molecular weight excluding hydrogens is 296 g/mol. The van der Waals surface area contributed by atoms with Crippen LogP contribution >= 0.6 is 0 Å². The van der Waals surface area contributed by atoms with Gasteiger partial charge >= 0.3 is 5.97 Å². The van der Waals surface area contributed by atoms with E-state index < -0.39 is 5.97 Å². The van der Waals surface area contributed by atoms with E-state index in [1.165, 1.54) is 44.9 Å². The minimum Gasteiger partial charge on any atom is -0.481 e. The fourth-order valence-electron chi connectivity index (χ4n) is 3.54. The smallest absolute Gasteiger partial charge is 0.306 e. The highest BCUT2D eigenvalue weighted by Crippen LogP contribution is 2.34. The standard InChI is InChI=1S/C22H36O2/c1-3-5-6-7-8-10-15-20-17-13-18-21(20)16-12-9-11-14-19(4-2)22(23)24/h9,12,19-21H,3-8,11,13-14,16-18H2,1-2H3,(H,23,24)/t19?,20-,21-/m0/s1. The molecule has 0 aromatic heterocycles. The van der Waals surface area contributed by atoms with Crippen molar-refractivity contribution in [3.05, 3.63) is 12.2 Å². The van der Waals surface area contributed by atoms with E-state index in [0.29, 0.717) is 11.8 Å². The molecule has 3 atom stereocenters. The summed E-state index contributed by atoms with van der Waals surface area (Å²) in [6, 6.07) is 0. The highest BCUT2D eigenvalue weighted by Gasteiger charge is 2.24. The molecule has 0 amide bonds. The van der Waals surface area contributed by atoms with Crippen LogP contribution in [0.5, 0.6) is 0 Å². The van der Waals surface area contributed by atoms with Crippen LogP contribution in [-0.2, 0) is 4.79 Å². The Morgan fingerprint density at radius 3 is 2.75 bits per heavy atom. The minimum absolute atomic E-state index is 0.188. The Bertz CT molecular complexity index is 427. The molecule has 24 heavy (non-hydrogen) atoms. The Hall–Kier alpha value is -1.23. The normalized spacial score (nSPS) is 21.6. The summed E-state index contributed by atoms with van der Waals surface area (Å²) < 4.78 is 0. The van der Waals surface area contributed by atoms with Crippen LogP contribution in [0.2, 0.25) is 0 Å². The summed E-state index contributed by atoms with van der Waals surface area (Å²) in [5.41, 5.74) is 0. The van der Waals surface area contributed by atoms with Gasteiger partial charge in [0.2, 0.25) is 0 Å². The monoisotopic (exact) mass is 332 g/mol. The molecule has 0 aromatic carbocycles. The number of unbranched alkanes of at least 4 members (excludes halogenated alkanes) is 4. The summed E-state index contributed by atoms with van der Waals surface area (Å²) in [5.74, 6) is 7.40. The van der Waals surface area contributed by atoms with Crippen LogP contribution in [0.25, 0.3) is 0 Å². The lowest BCUT2D eigenvalue weighted by Crippen LogP contribution is -2.11. The Kier molecular flexibility index (Phi) is 11.4. The third-order valence-electron chi connectivity index (χ3n) is 5.23. The van der Waals surface area contributed by atoms with Gasteiger partial charge in [-0.1, -0.05) is 57.6 Å². The zero-order valence-corrected chi connectivity index (χ0v) is 15.7. The number of hydrogen-bond acceptors (Lipinski definition) is 1. The van der Waals surface area contributed by atoms with Gasteiger partial charge in [-0.05, 0) is 50.9 Å². The molecule has 0 bridgehead atoms. The molecule has 0 heterocycles. The number of carboxylic acids is 1. The average Bonchev–Trinajstić information content (AvgIpc) is 3.01. The van der Waals surface area contributed by atoms with E-state index in [9.17, 15) is 4.79 Å². The van der Waals surface area contributed by atoms with E-state index >= 15 is 0 Å². The lowest BCUT2D eigenvalue weighted by Gasteiger charge is -2.12. The number of allylic oxidation sites excluding steroid dienone is 2. The van der Waals surface area contributed by atoms with Crippen LogP contribution in [0.15, 0.2) is 12.2 Å². The summed E-state index contributed by atoms with van der Waals surface area (Å²) in [7, 11) is 0. The first-order valence-electron chi connectivity index (χ1n) is 10.0. The van der Waals surface area contributed by atoms with Gasteiger partial charge < -0.3 is 5.11 Å². The van der Waals surface area contributed by atoms with E-state index in [2.05, 4.69) is 30.9 Å². The topological polar surface area (TPSA) is 37.3 Å².